The minimum atomic E-state index is -0.126. The first-order chi connectivity index (χ1) is 6.79. The fourth-order valence-corrected chi connectivity index (χ4v) is 3.33. The first kappa shape index (κ1) is 8.27. The van der Waals surface area contributed by atoms with Crippen molar-refractivity contribution >= 4 is 5.97 Å². The topological polar surface area (TPSA) is 26.3 Å². The number of allylic oxidation sites excluding steroid dienone is 3. The Kier molecular flexibility index (Phi) is 1.61. The molecule has 0 heterocycles. The standard InChI is InChI=1S/C12H14O2/c1-14-12(13)9-5-10-7-2-3-8(4-7)11(10)6-9/h2-3,5,7-8,10-11H,4,6H2,1H3/t7?,8-,10?,11?/m0/s1. The van der Waals surface area contributed by atoms with Gasteiger partial charge in [-0.3, -0.25) is 0 Å². The molecular weight excluding hydrogens is 176 g/mol. The molecule has 74 valence electrons. The summed E-state index contributed by atoms with van der Waals surface area (Å²) in [5, 5.41) is 0. The van der Waals surface area contributed by atoms with Gasteiger partial charge in [-0.2, -0.15) is 0 Å². The lowest BCUT2D eigenvalue weighted by molar-refractivity contribution is -0.136. The van der Waals surface area contributed by atoms with Crippen molar-refractivity contribution in [3.8, 4) is 0 Å². The van der Waals surface area contributed by atoms with Gasteiger partial charge in [0.05, 0.1) is 7.11 Å². The first-order valence-electron chi connectivity index (χ1n) is 5.27. The number of esters is 1. The number of hydrogen-bond acceptors (Lipinski definition) is 2. The van der Waals surface area contributed by atoms with Crippen LogP contribution >= 0.6 is 0 Å². The summed E-state index contributed by atoms with van der Waals surface area (Å²) in [6.45, 7) is 0. The van der Waals surface area contributed by atoms with E-state index >= 15 is 0 Å². The molecule has 1 fully saturated rings. The molecule has 3 aliphatic carbocycles. The SMILES string of the molecule is COC(=O)C1=CC2C3C=C[C@@H](C3)C2C1. The smallest absolute Gasteiger partial charge is 0.333 e. The summed E-state index contributed by atoms with van der Waals surface area (Å²) in [7, 11) is 1.46. The Bertz CT molecular complexity index is 340. The van der Waals surface area contributed by atoms with Crippen molar-refractivity contribution in [3.63, 3.8) is 0 Å². The molecule has 2 heteroatoms. The Morgan fingerprint density at radius 3 is 2.93 bits per heavy atom. The Labute approximate surface area is 83.6 Å². The molecule has 1 saturated carbocycles. The quantitative estimate of drug-likeness (QED) is 0.466. The molecule has 0 aromatic heterocycles. The molecule has 0 N–H and O–H groups in total. The minimum absolute atomic E-state index is 0.126. The van der Waals surface area contributed by atoms with Crippen LogP contribution in [-0.2, 0) is 9.53 Å². The van der Waals surface area contributed by atoms with Crippen molar-refractivity contribution in [2.24, 2.45) is 23.7 Å². The van der Waals surface area contributed by atoms with Gasteiger partial charge >= 0.3 is 5.97 Å². The van der Waals surface area contributed by atoms with E-state index in [4.69, 9.17) is 4.74 Å². The maximum absolute atomic E-state index is 11.4. The van der Waals surface area contributed by atoms with Crippen LogP contribution in [-0.4, -0.2) is 13.1 Å². The largest absolute Gasteiger partial charge is 0.466 e. The van der Waals surface area contributed by atoms with Crippen LogP contribution < -0.4 is 0 Å². The first-order valence-corrected chi connectivity index (χ1v) is 5.27. The lowest BCUT2D eigenvalue weighted by atomic mass is 9.85. The van der Waals surface area contributed by atoms with Crippen molar-refractivity contribution in [2.45, 2.75) is 12.8 Å². The molecule has 3 unspecified atom stereocenters. The van der Waals surface area contributed by atoms with Gasteiger partial charge in [0.25, 0.3) is 0 Å². The van der Waals surface area contributed by atoms with E-state index in [0.717, 1.165) is 17.9 Å². The third-order valence-electron chi connectivity index (χ3n) is 3.99. The van der Waals surface area contributed by atoms with Gasteiger partial charge in [0.2, 0.25) is 0 Å². The van der Waals surface area contributed by atoms with Crippen LogP contribution in [0.5, 0.6) is 0 Å². The lowest BCUT2D eigenvalue weighted by Crippen LogP contribution is -2.13. The van der Waals surface area contributed by atoms with E-state index in [1.54, 1.807) is 0 Å². The van der Waals surface area contributed by atoms with Crippen molar-refractivity contribution in [1.82, 2.24) is 0 Å². The molecule has 0 saturated heterocycles. The maximum atomic E-state index is 11.4. The van der Waals surface area contributed by atoms with Gasteiger partial charge < -0.3 is 4.74 Å². The summed E-state index contributed by atoms with van der Waals surface area (Å²) >= 11 is 0. The molecular formula is C12H14O2. The highest BCUT2D eigenvalue weighted by atomic mass is 16.5. The Morgan fingerprint density at radius 2 is 2.21 bits per heavy atom. The minimum Gasteiger partial charge on any atom is -0.466 e. The van der Waals surface area contributed by atoms with Gasteiger partial charge in [0.1, 0.15) is 0 Å². The second-order valence-corrected chi connectivity index (χ2v) is 4.58. The number of ether oxygens (including phenoxy) is 1. The molecule has 4 atom stereocenters. The monoisotopic (exact) mass is 190 g/mol. The average molecular weight is 190 g/mol. The van der Waals surface area contributed by atoms with Crippen molar-refractivity contribution < 1.29 is 9.53 Å². The zero-order valence-electron chi connectivity index (χ0n) is 8.27. The van der Waals surface area contributed by atoms with E-state index in [9.17, 15) is 4.79 Å². The molecule has 0 aliphatic heterocycles. The van der Waals surface area contributed by atoms with Gasteiger partial charge in [0.15, 0.2) is 0 Å². The van der Waals surface area contributed by atoms with Crippen LogP contribution in [0.2, 0.25) is 0 Å². The number of carbonyl (C=O) groups is 1. The van der Waals surface area contributed by atoms with Gasteiger partial charge in [0, 0.05) is 5.57 Å². The van der Waals surface area contributed by atoms with Crippen LogP contribution in [0.4, 0.5) is 0 Å². The second kappa shape index (κ2) is 2.72. The summed E-state index contributed by atoms with van der Waals surface area (Å²) < 4.78 is 4.76. The number of methoxy groups -OCH3 is 1. The molecule has 0 aromatic rings. The summed E-state index contributed by atoms with van der Waals surface area (Å²) in [4.78, 5) is 11.4. The normalized spacial score (nSPS) is 42.5. The van der Waals surface area contributed by atoms with Gasteiger partial charge in [-0.1, -0.05) is 18.2 Å². The molecule has 3 rings (SSSR count). The second-order valence-electron chi connectivity index (χ2n) is 4.58. The van der Waals surface area contributed by atoms with Crippen molar-refractivity contribution in [3.05, 3.63) is 23.8 Å². The predicted molar refractivity (Wildman–Crippen MR) is 52.4 cm³/mol. The van der Waals surface area contributed by atoms with E-state index in [0.29, 0.717) is 17.8 Å². The molecule has 14 heavy (non-hydrogen) atoms. The highest BCUT2D eigenvalue weighted by Crippen LogP contribution is 2.54. The molecule has 0 radical (unpaired) electrons. The summed E-state index contributed by atoms with van der Waals surface area (Å²) in [5.41, 5.74) is 0.904. The summed E-state index contributed by atoms with van der Waals surface area (Å²) in [6, 6.07) is 0. The van der Waals surface area contributed by atoms with E-state index in [1.165, 1.54) is 13.5 Å². The number of fused-ring (bicyclic) bond motifs is 5. The molecule has 3 aliphatic rings. The molecule has 2 bridgehead atoms. The van der Waals surface area contributed by atoms with Crippen LogP contribution in [0.3, 0.4) is 0 Å². The maximum Gasteiger partial charge on any atom is 0.333 e. The summed E-state index contributed by atoms with van der Waals surface area (Å²) in [6.07, 6.45) is 9.05. The Morgan fingerprint density at radius 1 is 1.43 bits per heavy atom. The average Bonchev–Trinajstić information content (AvgIpc) is 2.87. The van der Waals surface area contributed by atoms with E-state index < -0.39 is 0 Å². The van der Waals surface area contributed by atoms with Crippen LogP contribution in [0.25, 0.3) is 0 Å². The van der Waals surface area contributed by atoms with Crippen molar-refractivity contribution in [1.29, 1.82) is 0 Å². The van der Waals surface area contributed by atoms with E-state index in [1.807, 2.05) is 0 Å². The van der Waals surface area contributed by atoms with Gasteiger partial charge in [-0.15, -0.1) is 0 Å². The zero-order valence-corrected chi connectivity index (χ0v) is 8.27. The highest BCUT2D eigenvalue weighted by molar-refractivity contribution is 5.89. The third-order valence-corrected chi connectivity index (χ3v) is 3.99. The molecule has 2 nitrogen and oxygen atoms in total. The van der Waals surface area contributed by atoms with Crippen LogP contribution in [0.1, 0.15) is 12.8 Å². The Balaban J connectivity index is 1.85. The fraction of sp³-hybridized carbons (Fsp3) is 0.583. The third kappa shape index (κ3) is 0.941. The molecule has 0 spiro atoms. The zero-order chi connectivity index (χ0) is 9.71. The van der Waals surface area contributed by atoms with E-state index in [-0.39, 0.29) is 5.97 Å². The van der Waals surface area contributed by atoms with Crippen LogP contribution in [0.15, 0.2) is 23.8 Å². The lowest BCUT2D eigenvalue weighted by Gasteiger charge is -2.19. The molecule has 0 aromatic carbocycles. The molecule has 0 amide bonds. The van der Waals surface area contributed by atoms with Crippen molar-refractivity contribution in [2.75, 3.05) is 7.11 Å². The van der Waals surface area contributed by atoms with E-state index in [2.05, 4.69) is 18.2 Å². The summed E-state index contributed by atoms with van der Waals surface area (Å²) in [5.74, 6) is 2.62. The number of carbonyl (C=O) groups excluding carboxylic acids is 1. The Hall–Kier alpha value is -1.05. The van der Waals surface area contributed by atoms with Gasteiger partial charge in [-0.05, 0) is 36.5 Å². The predicted octanol–water partition coefficient (Wildman–Crippen LogP) is 1.93. The number of rotatable bonds is 1. The van der Waals surface area contributed by atoms with Gasteiger partial charge in [-0.25, -0.2) is 4.79 Å². The fourth-order valence-electron chi connectivity index (χ4n) is 3.33. The highest BCUT2D eigenvalue weighted by Gasteiger charge is 2.47. The number of hydrogen-bond donors (Lipinski definition) is 0. The van der Waals surface area contributed by atoms with Crippen LogP contribution in [0, 0.1) is 23.7 Å².